The molecular weight excluding hydrogens is 1360 g/mol. The Morgan fingerprint density at radius 1 is 0.794 bits per heavy atom. The van der Waals surface area contributed by atoms with Crippen LogP contribution in [0.15, 0.2) is 49.1 Å². The number of benzene rings is 2. The van der Waals surface area contributed by atoms with Crippen LogP contribution < -0.4 is 14.2 Å². The van der Waals surface area contributed by atoms with Gasteiger partial charge in [0.05, 0.1) is 87.0 Å². The average Bonchev–Trinajstić information content (AvgIpc) is 1.55. The second kappa shape index (κ2) is 28.8. The number of ether oxygens (including phenoxy) is 5. The summed E-state index contributed by atoms with van der Waals surface area (Å²) >= 11 is 0. The Bertz CT molecular complexity index is 4140. The maximum Gasteiger partial charge on any atom is 0.411 e. The summed E-state index contributed by atoms with van der Waals surface area (Å²) in [6, 6.07) is 9.83. The smallest absolute Gasteiger partial charge is 0.411 e. The van der Waals surface area contributed by atoms with Crippen molar-refractivity contribution in [2.24, 2.45) is 52.3 Å². The third kappa shape index (κ3) is 16.6. The van der Waals surface area contributed by atoms with Gasteiger partial charge < -0.3 is 28.6 Å². The number of hydrogen-bond donors (Lipinski definition) is 1. The van der Waals surface area contributed by atoms with Crippen LogP contribution in [0.2, 0.25) is 0 Å². The monoisotopic (exact) mass is 1450 g/mol. The van der Waals surface area contributed by atoms with Gasteiger partial charge in [-0.1, -0.05) is 62.5 Å². The number of aromatic nitrogens is 4. The number of ketones is 1. The summed E-state index contributed by atoms with van der Waals surface area (Å²) in [6.45, 7) is 22.6. The second-order valence-electron chi connectivity index (χ2n) is 31.3. The number of nitrogens with one attached hydrogen (secondary N) is 1. The Kier molecular flexibility index (Phi) is 22.4. The van der Waals surface area contributed by atoms with E-state index in [9.17, 15) is 65.3 Å². The highest BCUT2D eigenvalue weighted by atomic mass is 32.2. The number of esters is 2. The summed E-state index contributed by atoms with van der Waals surface area (Å²) in [5.41, 5.74) is -5.32. The number of Topliss-reactive ketones (excluding diaryl/α,β-unsaturated/α-hetero) is 1. The van der Waals surface area contributed by atoms with E-state index in [1.54, 1.807) is 69.2 Å². The molecule has 3 aliphatic heterocycles. The molecule has 2 bridgehead atoms. The van der Waals surface area contributed by atoms with Gasteiger partial charge in [-0.3, -0.25) is 28.8 Å². The minimum absolute atomic E-state index is 0. The van der Waals surface area contributed by atoms with Crippen LogP contribution in [0.3, 0.4) is 0 Å². The standard InChI is InChI=1S/C44H53F4N5O8S.C27H32F2N4O5.2CH4/c1-22-33-21-53(35(22)31(54)19-43(18-28(43)37(45)46)40(57)52-62(58,59)42(5)12-13-42)39(56)27(41(2,3)4)17-34(55)60-32-16-24-15-26(24)25(32)8-6-7-11-44(47,48)36-38(61-33)51-30-14-23(20-49)9-10-29(30)50-36;1-9-27(28,29)21-22(32-18-12-16(13-30)10-11-17(18)31-21)36-19-14-33(24(35)38-26(6,7)8)20(15(19)2)23(34)37-25(3,4)5;;/h9-10,14,22,24-28,32-33,35,37H,6-8,11-13,15-19,21H2,1-5H3,(H,52,57);9-12,15,19-20H,1,14H2,2-8H3;2*1H4/t22-,24+,25-,26+,27-,28+,32-,33+,35+,43-;15-,19+,20+;;/m11../s1. The van der Waals surface area contributed by atoms with Crippen molar-refractivity contribution in [3.63, 3.8) is 0 Å². The van der Waals surface area contributed by atoms with Gasteiger partial charge in [0.15, 0.2) is 17.2 Å². The molecule has 4 saturated carbocycles. The van der Waals surface area contributed by atoms with Crippen LogP contribution in [0, 0.1) is 74.9 Å². The quantitative estimate of drug-likeness (QED) is 0.0596. The largest absolute Gasteiger partial charge is 0.471 e. The highest BCUT2D eigenvalue weighted by molar-refractivity contribution is 7.91. The van der Waals surface area contributed by atoms with Crippen molar-refractivity contribution < 1.29 is 87.2 Å². The molecule has 0 spiro atoms. The summed E-state index contributed by atoms with van der Waals surface area (Å²) in [5, 5.41) is 18.8. The number of rotatable bonds is 12. The van der Waals surface area contributed by atoms with Crippen LogP contribution in [0.5, 0.6) is 11.8 Å². The number of sulfonamides is 1. The molecular formula is C73H93F6N9O13S. The van der Waals surface area contributed by atoms with Crippen LogP contribution >= 0.6 is 0 Å². The number of carbonyl (C=O) groups is 6. The lowest BCUT2D eigenvalue weighted by Crippen LogP contribution is -2.50. The fourth-order valence-corrected chi connectivity index (χ4v) is 15.6. The number of allylic oxidation sites excluding steroid dienone is 1. The van der Waals surface area contributed by atoms with Crippen LogP contribution in [-0.4, -0.2) is 140 Å². The molecule has 0 unspecified atom stereocenters. The van der Waals surface area contributed by atoms with Gasteiger partial charge in [0.1, 0.15) is 35.6 Å². The summed E-state index contributed by atoms with van der Waals surface area (Å²) < 4.78 is 148. The molecule has 102 heavy (non-hydrogen) atoms. The highest BCUT2D eigenvalue weighted by Crippen LogP contribution is 2.60. The van der Waals surface area contributed by atoms with Crippen molar-refractivity contribution in [2.75, 3.05) is 13.1 Å². The van der Waals surface area contributed by atoms with Crippen LogP contribution in [-0.2, 0) is 60.1 Å². The van der Waals surface area contributed by atoms with E-state index in [0.717, 1.165) is 6.42 Å². The number of likely N-dealkylation sites (tertiary alicyclic amines) is 1. The molecule has 556 valence electrons. The van der Waals surface area contributed by atoms with Gasteiger partial charge in [-0.05, 0) is 159 Å². The van der Waals surface area contributed by atoms with Crippen molar-refractivity contribution in [1.29, 1.82) is 10.5 Å². The molecule has 2 aromatic carbocycles. The molecule has 2 aromatic heterocycles. The number of fused-ring (bicyclic) bond motifs is 8. The molecule has 1 N–H and O–H groups in total. The first kappa shape index (κ1) is 79.5. The first-order valence-corrected chi connectivity index (χ1v) is 35.2. The zero-order valence-corrected chi connectivity index (χ0v) is 58.8. The molecule has 22 nitrogen and oxygen atoms in total. The predicted octanol–water partition coefficient (Wildman–Crippen LogP) is 13.0. The fourth-order valence-electron chi connectivity index (χ4n) is 14.3. The van der Waals surface area contributed by atoms with Gasteiger partial charge >= 0.3 is 24.0 Å². The second-order valence-corrected chi connectivity index (χ2v) is 33.5. The number of hydrogen-bond acceptors (Lipinski definition) is 19. The Labute approximate surface area is 591 Å². The van der Waals surface area contributed by atoms with Gasteiger partial charge in [0.25, 0.3) is 5.92 Å². The average molecular weight is 1450 g/mol. The van der Waals surface area contributed by atoms with Gasteiger partial charge in [-0.2, -0.15) is 28.1 Å². The maximum atomic E-state index is 16.5. The minimum atomic E-state index is -4.28. The van der Waals surface area contributed by atoms with Crippen LogP contribution in [0.25, 0.3) is 22.1 Å². The molecule has 6 fully saturated rings. The fraction of sp³-hybridized carbons (Fsp3) is 0.644. The summed E-state index contributed by atoms with van der Waals surface area (Å²) in [7, 11) is -4.28. The molecule has 0 radical (unpaired) electrons. The van der Waals surface area contributed by atoms with Crippen LogP contribution in [0.1, 0.15) is 191 Å². The third-order valence-electron chi connectivity index (χ3n) is 20.5. The lowest BCUT2D eigenvalue weighted by Gasteiger charge is -2.35. The van der Waals surface area contributed by atoms with E-state index >= 15 is 8.78 Å². The first-order valence-electron chi connectivity index (χ1n) is 33.7. The Hall–Kier alpha value is -8.21. The van der Waals surface area contributed by atoms with E-state index in [2.05, 4.69) is 26.5 Å². The lowest BCUT2D eigenvalue weighted by atomic mass is 9.77. The predicted molar refractivity (Wildman–Crippen MR) is 362 cm³/mol. The number of alkyl halides is 6. The van der Waals surface area contributed by atoms with E-state index in [4.69, 9.17) is 23.7 Å². The zero-order chi connectivity index (χ0) is 73.5. The van der Waals surface area contributed by atoms with E-state index in [1.165, 1.54) is 60.0 Å². The number of amides is 3. The molecule has 29 heteroatoms. The van der Waals surface area contributed by atoms with E-state index in [0.29, 0.717) is 37.2 Å². The molecule has 7 aliphatic rings. The van der Waals surface area contributed by atoms with Gasteiger partial charge in [-0.25, -0.2) is 46.7 Å². The van der Waals surface area contributed by atoms with E-state index in [-0.39, 0.29) is 92.7 Å². The molecule has 3 amide bonds. The molecule has 13 atom stereocenters. The van der Waals surface area contributed by atoms with Crippen LogP contribution in [0.4, 0.5) is 31.1 Å². The summed E-state index contributed by atoms with van der Waals surface area (Å²) in [5.74, 6) is -16.1. The van der Waals surface area contributed by atoms with Gasteiger partial charge in [0.2, 0.25) is 40.0 Å². The Morgan fingerprint density at radius 2 is 1.40 bits per heavy atom. The molecule has 4 aromatic rings. The number of carbonyl (C=O) groups excluding carboxylic acids is 6. The van der Waals surface area contributed by atoms with Crippen molar-refractivity contribution in [3.8, 4) is 23.9 Å². The van der Waals surface area contributed by atoms with E-state index in [1.807, 2.05) is 16.9 Å². The zero-order valence-electron chi connectivity index (χ0n) is 58.0. The lowest BCUT2D eigenvalue weighted by molar-refractivity contribution is -0.161. The molecule has 11 rings (SSSR count). The summed E-state index contributed by atoms with van der Waals surface area (Å²) in [4.78, 5) is 103. The van der Waals surface area contributed by atoms with Gasteiger partial charge in [0, 0.05) is 30.6 Å². The highest BCUT2D eigenvalue weighted by Gasteiger charge is 2.67. The van der Waals surface area contributed by atoms with Gasteiger partial charge in [-0.15, -0.1) is 0 Å². The summed E-state index contributed by atoms with van der Waals surface area (Å²) in [6.07, 6.45) is -5.09. The Balaban J connectivity index is 0.000000285. The van der Waals surface area contributed by atoms with Crippen molar-refractivity contribution in [2.45, 2.75) is 233 Å². The topological polar surface area (TPSA) is 300 Å². The molecule has 2 saturated heterocycles. The van der Waals surface area contributed by atoms with Crippen molar-refractivity contribution in [1.82, 2.24) is 34.5 Å². The number of halogens is 6. The first-order chi connectivity index (χ1) is 46.4. The minimum Gasteiger partial charge on any atom is -0.471 e. The number of nitriles is 2. The van der Waals surface area contributed by atoms with Crippen molar-refractivity contribution in [3.05, 3.63) is 71.6 Å². The third-order valence-corrected chi connectivity index (χ3v) is 22.6. The molecule has 4 aliphatic carbocycles. The SMILES string of the molecule is C.C.C=CC(F)(F)c1nc2ccc(C#N)cc2nc1O[C@H]1CN(C(=O)OC(C)(C)C)[C@H](C(=O)OC(C)(C)C)[C@@H]1C.C[C@@H]1[C@@H]2CN(C(=O)[C@H](C(C)(C)C)CC(=O)O[C@@H]3C[C@@H]4C[C@@H]4[C@H]3CCCCC(F)(F)c3nc4ccc(C#N)cc4nc3O2)[C@@H]1C(=O)C[C@]1(C(=O)NS(=O)(=O)C2(C)CC2)C[C@H]1C(F)F. The molecule has 5 heterocycles. The Morgan fingerprint density at radius 3 is 1.96 bits per heavy atom. The number of nitrogens with zero attached hydrogens (tertiary/aromatic N) is 8. The van der Waals surface area contributed by atoms with E-state index < -0.39 is 187 Å². The normalized spacial score (nSPS) is 28.2. The van der Waals surface area contributed by atoms with Crippen molar-refractivity contribution >= 4 is 67.7 Å². The maximum absolute atomic E-state index is 16.5.